The third-order valence-corrected chi connectivity index (χ3v) is 5.30. The van der Waals surface area contributed by atoms with Gasteiger partial charge in [0, 0.05) is 36.8 Å². The van der Waals surface area contributed by atoms with Crippen LogP contribution in [-0.4, -0.2) is 50.7 Å². The van der Waals surface area contributed by atoms with Crippen LogP contribution in [0.1, 0.15) is 43.1 Å². The van der Waals surface area contributed by atoms with Gasteiger partial charge < -0.3 is 9.64 Å². The highest BCUT2D eigenvalue weighted by Crippen LogP contribution is 2.23. The van der Waals surface area contributed by atoms with E-state index in [0.717, 1.165) is 37.8 Å². The Balaban J connectivity index is 1.57. The van der Waals surface area contributed by atoms with E-state index in [4.69, 9.17) is 4.74 Å². The Kier molecular flexibility index (Phi) is 5.47. The molecule has 0 saturated carbocycles. The first-order valence-electron chi connectivity index (χ1n) is 8.49. The topological polar surface area (TPSA) is 77.3 Å². The van der Waals surface area contributed by atoms with E-state index < -0.39 is 5.97 Å². The molecule has 1 aliphatic heterocycles. The fraction of sp³-hybridized carbons (Fsp3) is 0.529. The standard InChI is InChI=1S/C17H22N4O3S/c1-3-13-6-4-5-7-21(13)15(22)10-24-17(23)14-11-25-16(19-14)12-8-18-20(2)9-12/h8-9,11,13H,3-7,10H2,1-2H3. The second-order valence-electron chi connectivity index (χ2n) is 6.16. The molecule has 8 heteroatoms. The van der Waals surface area contributed by atoms with E-state index in [1.165, 1.54) is 11.3 Å². The molecule has 3 rings (SSSR count). The Morgan fingerprint density at radius 1 is 1.40 bits per heavy atom. The molecule has 0 N–H and O–H groups in total. The van der Waals surface area contributed by atoms with E-state index in [9.17, 15) is 9.59 Å². The number of likely N-dealkylation sites (tertiary alicyclic amines) is 1. The molecule has 1 aliphatic rings. The number of nitrogens with zero attached hydrogens (tertiary/aromatic N) is 4. The molecular weight excluding hydrogens is 340 g/mol. The third kappa shape index (κ3) is 4.07. The molecule has 0 aliphatic carbocycles. The van der Waals surface area contributed by atoms with Crippen molar-refractivity contribution in [3.63, 3.8) is 0 Å². The predicted octanol–water partition coefficient (Wildman–Crippen LogP) is 2.49. The Bertz CT molecular complexity index is 755. The molecule has 1 saturated heterocycles. The maximum absolute atomic E-state index is 12.4. The Hall–Kier alpha value is -2.22. The molecule has 134 valence electrons. The number of aromatic nitrogens is 3. The monoisotopic (exact) mass is 362 g/mol. The normalized spacial score (nSPS) is 17.5. The van der Waals surface area contributed by atoms with Gasteiger partial charge in [0.2, 0.25) is 0 Å². The summed E-state index contributed by atoms with van der Waals surface area (Å²) < 4.78 is 6.86. The van der Waals surface area contributed by atoms with Gasteiger partial charge in [-0.15, -0.1) is 11.3 Å². The molecule has 0 radical (unpaired) electrons. The van der Waals surface area contributed by atoms with Crippen LogP contribution in [0, 0.1) is 0 Å². The Labute approximate surface area is 150 Å². The summed E-state index contributed by atoms with van der Waals surface area (Å²) in [6.07, 6.45) is 7.64. The zero-order valence-electron chi connectivity index (χ0n) is 14.5. The van der Waals surface area contributed by atoms with E-state index in [1.54, 1.807) is 16.3 Å². The average molecular weight is 362 g/mol. The van der Waals surface area contributed by atoms with Gasteiger partial charge in [-0.25, -0.2) is 9.78 Å². The molecule has 3 heterocycles. The summed E-state index contributed by atoms with van der Waals surface area (Å²) in [4.78, 5) is 30.6. The minimum absolute atomic E-state index is 0.123. The maximum atomic E-state index is 12.4. The van der Waals surface area contributed by atoms with Gasteiger partial charge in [-0.3, -0.25) is 9.48 Å². The molecular formula is C17H22N4O3S. The van der Waals surface area contributed by atoms with Crippen LogP contribution >= 0.6 is 11.3 Å². The van der Waals surface area contributed by atoms with E-state index >= 15 is 0 Å². The number of thiazole rings is 1. The fourth-order valence-electron chi connectivity index (χ4n) is 3.07. The van der Waals surface area contributed by atoms with E-state index in [2.05, 4.69) is 17.0 Å². The highest BCUT2D eigenvalue weighted by molar-refractivity contribution is 7.13. The van der Waals surface area contributed by atoms with Crippen molar-refractivity contribution >= 4 is 23.2 Å². The number of hydrogen-bond donors (Lipinski definition) is 0. The lowest BCUT2D eigenvalue weighted by atomic mass is 10.00. The van der Waals surface area contributed by atoms with Crippen molar-refractivity contribution in [2.45, 2.75) is 38.6 Å². The number of carbonyl (C=O) groups excluding carboxylic acids is 2. The lowest BCUT2D eigenvalue weighted by molar-refractivity contribution is -0.138. The number of amides is 1. The Morgan fingerprint density at radius 2 is 2.24 bits per heavy atom. The number of carbonyl (C=O) groups is 2. The fourth-order valence-corrected chi connectivity index (χ4v) is 3.83. The van der Waals surface area contributed by atoms with Gasteiger partial charge in [-0.1, -0.05) is 6.92 Å². The van der Waals surface area contributed by atoms with Crippen molar-refractivity contribution in [2.75, 3.05) is 13.2 Å². The van der Waals surface area contributed by atoms with Crippen molar-refractivity contribution in [1.82, 2.24) is 19.7 Å². The van der Waals surface area contributed by atoms with Crippen LogP contribution in [-0.2, 0) is 16.6 Å². The lowest BCUT2D eigenvalue weighted by Gasteiger charge is -2.35. The molecule has 2 aromatic rings. The van der Waals surface area contributed by atoms with Crippen LogP contribution in [0.3, 0.4) is 0 Å². The molecule has 25 heavy (non-hydrogen) atoms. The molecule has 0 spiro atoms. The zero-order chi connectivity index (χ0) is 17.8. The summed E-state index contributed by atoms with van der Waals surface area (Å²) in [5, 5.41) is 6.44. The van der Waals surface area contributed by atoms with E-state index in [-0.39, 0.29) is 24.2 Å². The molecule has 1 atom stereocenters. The van der Waals surface area contributed by atoms with Gasteiger partial charge in [-0.2, -0.15) is 5.10 Å². The number of aryl methyl sites for hydroxylation is 1. The second-order valence-corrected chi connectivity index (χ2v) is 7.02. The summed E-state index contributed by atoms with van der Waals surface area (Å²) >= 11 is 1.35. The van der Waals surface area contributed by atoms with E-state index in [0.29, 0.717) is 5.01 Å². The second kappa shape index (κ2) is 7.77. The van der Waals surface area contributed by atoms with Gasteiger partial charge >= 0.3 is 5.97 Å². The van der Waals surface area contributed by atoms with Crippen LogP contribution in [0.25, 0.3) is 10.6 Å². The number of rotatable bonds is 5. The number of piperidine rings is 1. The van der Waals surface area contributed by atoms with E-state index in [1.807, 2.05) is 18.1 Å². The van der Waals surface area contributed by atoms with Crippen LogP contribution < -0.4 is 0 Å². The minimum Gasteiger partial charge on any atom is -0.451 e. The van der Waals surface area contributed by atoms with Crippen molar-refractivity contribution in [3.8, 4) is 10.6 Å². The number of hydrogen-bond acceptors (Lipinski definition) is 6. The minimum atomic E-state index is -0.565. The first-order chi connectivity index (χ1) is 12.1. The molecule has 7 nitrogen and oxygen atoms in total. The molecule has 0 bridgehead atoms. The van der Waals surface area contributed by atoms with Gasteiger partial charge in [0.25, 0.3) is 5.91 Å². The quantitative estimate of drug-likeness (QED) is 0.764. The lowest BCUT2D eigenvalue weighted by Crippen LogP contribution is -2.45. The van der Waals surface area contributed by atoms with Gasteiger partial charge in [0.05, 0.1) is 6.20 Å². The Morgan fingerprint density at radius 3 is 2.96 bits per heavy atom. The first kappa shape index (κ1) is 17.6. The van der Waals surface area contributed by atoms with Crippen LogP contribution in [0.15, 0.2) is 17.8 Å². The average Bonchev–Trinajstić information content (AvgIpc) is 3.28. The molecule has 1 amide bonds. The third-order valence-electron chi connectivity index (χ3n) is 4.41. The predicted molar refractivity (Wildman–Crippen MR) is 94.2 cm³/mol. The molecule has 2 aromatic heterocycles. The smallest absolute Gasteiger partial charge is 0.358 e. The summed E-state index contributed by atoms with van der Waals surface area (Å²) in [7, 11) is 1.82. The van der Waals surface area contributed by atoms with Crippen LogP contribution in [0.4, 0.5) is 0 Å². The molecule has 1 fully saturated rings. The number of ether oxygens (including phenoxy) is 1. The summed E-state index contributed by atoms with van der Waals surface area (Å²) in [6.45, 7) is 2.60. The SMILES string of the molecule is CCC1CCCCN1C(=O)COC(=O)c1csc(-c2cnn(C)c2)n1. The van der Waals surface area contributed by atoms with Gasteiger partial charge in [0.15, 0.2) is 12.3 Å². The van der Waals surface area contributed by atoms with Gasteiger partial charge in [-0.05, 0) is 25.7 Å². The van der Waals surface area contributed by atoms with Crippen LogP contribution in [0.2, 0.25) is 0 Å². The summed E-state index contributed by atoms with van der Waals surface area (Å²) in [6, 6.07) is 0.261. The highest BCUT2D eigenvalue weighted by Gasteiger charge is 2.26. The van der Waals surface area contributed by atoms with Crippen molar-refractivity contribution in [1.29, 1.82) is 0 Å². The summed E-state index contributed by atoms with van der Waals surface area (Å²) in [5.74, 6) is -0.688. The molecule has 1 unspecified atom stereocenters. The van der Waals surface area contributed by atoms with Crippen molar-refractivity contribution < 1.29 is 14.3 Å². The van der Waals surface area contributed by atoms with Gasteiger partial charge in [0.1, 0.15) is 5.01 Å². The summed E-state index contributed by atoms with van der Waals surface area (Å²) in [5.41, 5.74) is 1.07. The van der Waals surface area contributed by atoms with Crippen LogP contribution in [0.5, 0.6) is 0 Å². The largest absolute Gasteiger partial charge is 0.451 e. The van der Waals surface area contributed by atoms with Crippen molar-refractivity contribution in [3.05, 3.63) is 23.5 Å². The maximum Gasteiger partial charge on any atom is 0.358 e. The first-order valence-corrected chi connectivity index (χ1v) is 9.37. The highest BCUT2D eigenvalue weighted by atomic mass is 32.1. The zero-order valence-corrected chi connectivity index (χ0v) is 15.3. The molecule has 0 aromatic carbocycles. The van der Waals surface area contributed by atoms with Crippen molar-refractivity contribution in [2.24, 2.45) is 7.05 Å². The number of esters is 1.